The minimum Gasteiger partial charge on any atom is -0.482 e. The molecular formula is C41H32F3N3O6S. The van der Waals surface area contributed by atoms with Crippen LogP contribution in [0.1, 0.15) is 43.1 Å². The van der Waals surface area contributed by atoms with Crippen LogP contribution in [-0.4, -0.2) is 39.4 Å². The first-order chi connectivity index (χ1) is 26.0. The van der Waals surface area contributed by atoms with Gasteiger partial charge in [-0.15, -0.1) is 11.3 Å². The fourth-order valence-corrected chi connectivity index (χ4v) is 6.11. The maximum atomic E-state index is 13.7. The van der Waals surface area contributed by atoms with Crippen LogP contribution in [0.4, 0.5) is 13.2 Å². The maximum Gasteiger partial charge on any atom is 0.416 e. The molecule has 0 unspecified atom stereocenters. The Morgan fingerprint density at radius 1 is 0.722 bits per heavy atom. The lowest BCUT2D eigenvalue weighted by atomic mass is 10.1. The summed E-state index contributed by atoms with van der Waals surface area (Å²) in [5, 5.41) is 14.2. The topological polar surface area (TPSA) is 118 Å². The van der Waals surface area contributed by atoms with Crippen molar-refractivity contribution in [1.82, 2.24) is 15.2 Å². The number of carboxylic acid groups (broad SMARTS) is 1. The summed E-state index contributed by atoms with van der Waals surface area (Å²) in [5.74, 6) is -0.126. The molecule has 0 aliphatic heterocycles. The molecule has 9 nitrogen and oxygen atoms in total. The number of nitrogens with one attached hydrogen (secondary N) is 1. The normalized spacial score (nSPS) is 11.1. The summed E-state index contributed by atoms with van der Waals surface area (Å²) in [6.45, 7) is -0.0528. The highest BCUT2D eigenvalue weighted by Gasteiger charge is 2.30. The molecule has 1 heterocycles. The van der Waals surface area contributed by atoms with Gasteiger partial charge in [-0.2, -0.15) is 13.2 Å². The van der Waals surface area contributed by atoms with Gasteiger partial charge in [0.15, 0.2) is 6.61 Å². The predicted octanol–water partition coefficient (Wildman–Crippen LogP) is 8.86. The second kappa shape index (κ2) is 16.9. The Bertz CT molecular complexity index is 2190. The average molecular weight is 752 g/mol. The van der Waals surface area contributed by atoms with Crippen molar-refractivity contribution in [3.05, 3.63) is 166 Å². The number of para-hydroxylation sites is 1. The summed E-state index contributed by atoms with van der Waals surface area (Å²) in [5.41, 5.74) is 2.57. The molecule has 6 aromatic rings. The van der Waals surface area contributed by atoms with Crippen molar-refractivity contribution in [2.75, 3.05) is 6.61 Å². The van der Waals surface area contributed by atoms with Crippen molar-refractivity contribution >= 4 is 29.1 Å². The van der Waals surface area contributed by atoms with Gasteiger partial charge in [0.25, 0.3) is 11.8 Å². The van der Waals surface area contributed by atoms with Crippen molar-refractivity contribution in [2.24, 2.45) is 0 Å². The fourth-order valence-electron chi connectivity index (χ4n) is 5.30. The van der Waals surface area contributed by atoms with Crippen LogP contribution in [0.2, 0.25) is 0 Å². The number of carbonyl (C=O) groups excluding carboxylic acids is 2. The second-order valence-electron chi connectivity index (χ2n) is 12.0. The molecule has 0 bridgehead atoms. The summed E-state index contributed by atoms with van der Waals surface area (Å²) in [6, 6.07) is 34.4. The molecule has 0 saturated carbocycles. The molecular weight excluding hydrogens is 720 g/mol. The summed E-state index contributed by atoms with van der Waals surface area (Å²) in [7, 11) is 0. The highest BCUT2D eigenvalue weighted by Crippen LogP contribution is 2.30. The number of ether oxygens (including phenoxy) is 2. The largest absolute Gasteiger partial charge is 0.482 e. The van der Waals surface area contributed by atoms with Gasteiger partial charge in [0.05, 0.1) is 17.8 Å². The number of nitrogens with zero attached hydrogens (tertiary/aromatic N) is 2. The Balaban J connectivity index is 1.10. The number of hydrogen-bond acceptors (Lipinski definition) is 7. The number of benzene rings is 5. The van der Waals surface area contributed by atoms with Gasteiger partial charge in [0.2, 0.25) is 0 Å². The first-order valence-corrected chi connectivity index (χ1v) is 17.4. The van der Waals surface area contributed by atoms with Crippen LogP contribution in [0.5, 0.6) is 17.2 Å². The summed E-state index contributed by atoms with van der Waals surface area (Å²) < 4.78 is 50.6. The number of carbonyl (C=O) groups is 3. The van der Waals surface area contributed by atoms with Gasteiger partial charge in [-0.25, -0.2) is 9.78 Å². The van der Waals surface area contributed by atoms with Crippen molar-refractivity contribution < 1.29 is 42.1 Å². The Labute approximate surface area is 312 Å². The van der Waals surface area contributed by atoms with E-state index in [1.807, 2.05) is 54.6 Å². The highest BCUT2D eigenvalue weighted by molar-refractivity contribution is 7.13. The van der Waals surface area contributed by atoms with E-state index in [-0.39, 0.29) is 24.6 Å². The molecule has 54 heavy (non-hydrogen) atoms. The van der Waals surface area contributed by atoms with E-state index < -0.39 is 30.2 Å². The predicted molar refractivity (Wildman–Crippen MR) is 196 cm³/mol. The molecule has 0 atom stereocenters. The number of halogens is 3. The molecule has 0 spiro atoms. The average Bonchev–Trinajstić information content (AvgIpc) is 3.65. The highest BCUT2D eigenvalue weighted by atomic mass is 32.1. The van der Waals surface area contributed by atoms with Crippen LogP contribution in [0, 0.1) is 0 Å². The number of hydrogen-bond donors (Lipinski definition) is 2. The number of thiazole rings is 1. The lowest BCUT2D eigenvalue weighted by molar-refractivity contribution is -0.139. The van der Waals surface area contributed by atoms with E-state index in [1.54, 1.807) is 53.9 Å². The third kappa shape index (κ3) is 10.1. The van der Waals surface area contributed by atoms with Crippen LogP contribution in [0.3, 0.4) is 0 Å². The van der Waals surface area contributed by atoms with E-state index in [0.29, 0.717) is 39.9 Å². The number of carboxylic acids is 1. The van der Waals surface area contributed by atoms with Crippen molar-refractivity contribution in [3.8, 4) is 27.8 Å². The number of alkyl halides is 3. The van der Waals surface area contributed by atoms with Crippen LogP contribution < -0.4 is 14.8 Å². The molecule has 1 aromatic heterocycles. The van der Waals surface area contributed by atoms with E-state index in [9.17, 15) is 27.6 Å². The fraction of sp³-hybridized carbons (Fsp3) is 0.122. The second-order valence-corrected chi connectivity index (χ2v) is 12.9. The zero-order valence-corrected chi connectivity index (χ0v) is 29.3. The zero-order chi connectivity index (χ0) is 38.1. The third-order valence-electron chi connectivity index (χ3n) is 8.06. The molecule has 0 saturated heterocycles. The third-order valence-corrected chi connectivity index (χ3v) is 9.00. The molecule has 2 N–H and O–H groups in total. The van der Waals surface area contributed by atoms with E-state index in [2.05, 4.69) is 5.32 Å². The summed E-state index contributed by atoms with van der Waals surface area (Å²) in [4.78, 5) is 43.6. The van der Waals surface area contributed by atoms with Crippen LogP contribution in [0.15, 0.2) is 133 Å². The zero-order valence-electron chi connectivity index (χ0n) is 28.5. The standard InChI is InChI=1S/C41H32F3N3O6S/c42-41(43,44)32-16-14-31(15-17-32)40(51)47(23-28-8-18-34(19-9-28)52-25-37(48)49)24-33-26-54-39(46-33)30-12-10-29(11-13-30)38(50)45-22-27-6-20-36(21-7-27)53-35-4-2-1-3-5-35/h1-21,26H,22-25H2,(H,45,50)(H,48,49). The van der Waals surface area contributed by atoms with Gasteiger partial charge in [-0.05, 0) is 83.9 Å². The van der Waals surface area contributed by atoms with E-state index in [0.717, 1.165) is 41.1 Å². The SMILES string of the molecule is O=C(O)COc1ccc(CN(Cc2csc(-c3ccc(C(=O)NCc4ccc(Oc5ccccc5)cc4)cc3)n2)C(=O)c2ccc(C(F)(F)F)cc2)cc1. The Morgan fingerprint density at radius 2 is 1.33 bits per heavy atom. The molecule has 0 radical (unpaired) electrons. The molecule has 2 amide bonds. The first kappa shape index (κ1) is 37.3. The minimum atomic E-state index is -4.54. The van der Waals surface area contributed by atoms with Gasteiger partial charge in [-0.1, -0.05) is 54.6 Å². The Hall–Kier alpha value is -6.47. The van der Waals surface area contributed by atoms with Gasteiger partial charge in [-0.3, -0.25) is 9.59 Å². The van der Waals surface area contributed by atoms with Crippen molar-refractivity contribution in [2.45, 2.75) is 25.8 Å². The van der Waals surface area contributed by atoms with Gasteiger partial charge >= 0.3 is 12.1 Å². The Kier molecular flexibility index (Phi) is 11.7. The molecule has 0 aliphatic carbocycles. The quantitative estimate of drug-likeness (QED) is 0.114. The maximum absolute atomic E-state index is 13.7. The van der Waals surface area contributed by atoms with E-state index >= 15 is 0 Å². The van der Waals surface area contributed by atoms with Gasteiger partial charge in [0.1, 0.15) is 22.3 Å². The van der Waals surface area contributed by atoms with Gasteiger partial charge in [0, 0.05) is 35.2 Å². The number of aliphatic carboxylic acids is 1. The molecule has 6 rings (SSSR count). The van der Waals surface area contributed by atoms with Crippen LogP contribution in [-0.2, 0) is 30.6 Å². The van der Waals surface area contributed by atoms with Crippen molar-refractivity contribution in [1.29, 1.82) is 0 Å². The Morgan fingerprint density at radius 3 is 1.98 bits per heavy atom. The van der Waals surface area contributed by atoms with Crippen LogP contribution in [0.25, 0.3) is 10.6 Å². The lowest BCUT2D eigenvalue weighted by Crippen LogP contribution is -2.30. The van der Waals surface area contributed by atoms with Gasteiger partial charge < -0.3 is 24.8 Å². The molecule has 13 heteroatoms. The molecule has 5 aromatic carbocycles. The molecule has 274 valence electrons. The van der Waals surface area contributed by atoms with E-state index in [1.165, 1.54) is 16.2 Å². The number of aromatic nitrogens is 1. The minimum absolute atomic E-state index is 0.0491. The number of amides is 2. The van der Waals surface area contributed by atoms with Crippen molar-refractivity contribution in [3.63, 3.8) is 0 Å². The monoisotopic (exact) mass is 751 g/mol. The summed E-state index contributed by atoms with van der Waals surface area (Å²) in [6.07, 6.45) is -4.54. The summed E-state index contributed by atoms with van der Waals surface area (Å²) >= 11 is 1.35. The number of rotatable bonds is 14. The molecule has 0 fully saturated rings. The lowest BCUT2D eigenvalue weighted by Gasteiger charge is -2.22. The van der Waals surface area contributed by atoms with Crippen LogP contribution >= 0.6 is 11.3 Å². The molecule has 0 aliphatic rings. The smallest absolute Gasteiger partial charge is 0.416 e. The first-order valence-electron chi connectivity index (χ1n) is 16.5. The van der Waals surface area contributed by atoms with E-state index in [4.69, 9.17) is 19.6 Å².